The van der Waals surface area contributed by atoms with Gasteiger partial charge in [-0.3, -0.25) is 0 Å². The molecule has 9 heteroatoms. The molecule has 0 saturated carbocycles. The first-order chi connectivity index (χ1) is 13.7. The van der Waals surface area contributed by atoms with Crippen LogP contribution in [0, 0.1) is 0 Å². The van der Waals surface area contributed by atoms with Gasteiger partial charge in [0.15, 0.2) is 0 Å². The van der Waals surface area contributed by atoms with Gasteiger partial charge in [0.25, 0.3) is 0 Å². The third-order valence-corrected chi connectivity index (χ3v) is 5.04. The third-order valence-electron chi connectivity index (χ3n) is 4.23. The van der Waals surface area contributed by atoms with Gasteiger partial charge in [0.1, 0.15) is 5.82 Å². The number of benzene rings is 1. The summed E-state index contributed by atoms with van der Waals surface area (Å²) in [7, 11) is 4.99. The normalized spacial score (nSPS) is 15.9. The number of piperidine rings is 1. The van der Waals surface area contributed by atoms with E-state index in [-0.39, 0.29) is 11.4 Å². The van der Waals surface area contributed by atoms with Crippen LogP contribution in [0.1, 0.15) is 19.8 Å². The molecule has 0 unspecified atom stereocenters. The van der Waals surface area contributed by atoms with Gasteiger partial charge in [-0.15, -0.1) is 8.86 Å². The fraction of sp³-hybridized carbons (Fsp3) is 0.400. The number of allylic oxidation sites excluding steroid dienone is 2. The minimum Gasteiger partial charge on any atom is -0.341 e. The topological polar surface area (TPSA) is 48.5 Å². The lowest BCUT2D eigenvalue weighted by Gasteiger charge is -2.21. The number of hydrogen-bond acceptors (Lipinski definition) is 4. The van der Waals surface area contributed by atoms with Crippen molar-refractivity contribution in [2.45, 2.75) is 32.0 Å². The van der Waals surface area contributed by atoms with Gasteiger partial charge in [0, 0.05) is 33.6 Å². The van der Waals surface area contributed by atoms with Crippen molar-refractivity contribution < 1.29 is 13.2 Å². The van der Waals surface area contributed by atoms with Crippen molar-refractivity contribution in [2.75, 3.05) is 25.5 Å². The quantitative estimate of drug-likeness (QED) is 0.380. The summed E-state index contributed by atoms with van der Waals surface area (Å²) in [5, 5.41) is 9.46. The van der Waals surface area contributed by atoms with Crippen LogP contribution in [-0.2, 0) is 0 Å². The Bertz CT molecular complexity index is 741. The minimum atomic E-state index is -4.40. The van der Waals surface area contributed by atoms with E-state index in [0.29, 0.717) is 0 Å². The molecule has 1 heterocycles. The fourth-order valence-corrected chi connectivity index (χ4v) is 3.12. The molecule has 1 aliphatic rings. The van der Waals surface area contributed by atoms with E-state index in [9.17, 15) is 13.2 Å². The number of aliphatic imine (C=N–C) groups is 1. The van der Waals surface area contributed by atoms with Crippen molar-refractivity contribution in [3.05, 3.63) is 52.3 Å². The van der Waals surface area contributed by atoms with Crippen LogP contribution in [0.2, 0.25) is 0 Å². The molecule has 0 aromatic heterocycles. The van der Waals surface area contributed by atoms with Gasteiger partial charge < -0.3 is 16.0 Å². The maximum absolute atomic E-state index is 12.6. The minimum absolute atomic E-state index is 0.0728. The van der Waals surface area contributed by atoms with E-state index in [1.54, 1.807) is 12.1 Å². The number of alkyl halides is 3. The lowest BCUT2D eigenvalue weighted by molar-refractivity contribution is -0.0914. The zero-order chi connectivity index (χ0) is 21.9. The average molecular weight is 491 g/mol. The van der Waals surface area contributed by atoms with E-state index in [2.05, 4.69) is 52.3 Å². The zero-order valence-corrected chi connectivity index (χ0v) is 19.1. The molecular formula is C20H27BrF3N4P. The summed E-state index contributed by atoms with van der Waals surface area (Å²) >= 11 is 3.31. The highest BCUT2D eigenvalue weighted by Gasteiger charge is 2.31. The molecule has 0 aliphatic carbocycles. The molecule has 0 bridgehead atoms. The van der Waals surface area contributed by atoms with E-state index in [0.717, 1.165) is 29.3 Å². The smallest absolute Gasteiger partial charge is 0.341 e. The SMILES string of the molecule is C=C(/N=C\C(C=P)=C(/C)C(F)(F)F)Nc1cccc(Br)c1.CNC1CCNCC1. The lowest BCUT2D eigenvalue weighted by Crippen LogP contribution is -2.37. The number of hydrogen-bond donors (Lipinski definition) is 3. The zero-order valence-electron chi connectivity index (χ0n) is 16.5. The molecule has 1 aromatic rings. The highest BCUT2D eigenvalue weighted by atomic mass is 79.9. The van der Waals surface area contributed by atoms with E-state index < -0.39 is 11.7 Å². The molecule has 0 amide bonds. The molecule has 0 spiro atoms. The van der Waals surface area contributed by atoms with Gasteiger partial charge >= 0.3 is 6.18 Å². The van der Waals surface area contributed by atoms with Gasteiger partial charge in [0.05, 0.1) is 0 Å². The summed E-state index contributed by atoms with van der Waals surface area (Å²) in [6.45, 7) is 7.01. The molecule has 2 rings (SSSR count). The lowest BCUT2D eigenvalue weighted by atomic mass is 10.1. The van der Waals surface area contributed by atoms with Crippen LogP contribution in [-0.4, -0.2) is 44.4 Å². The number of anilines is 1. The van der Waals surface area contributed by atoms with Gasteiger partial charge in [-0.05, 0) is 63.9 Å². The first-order valence-electron chi connectivity index (χ1n) is 9.09. The number of rotatable bonds is 6. The molecule has 0 radical (unpaired) electrons. The van der Waals surface area contributed by atoms with Crippen LogP contribution in [0.3, 0.4) is 0 Å². The second kappa shape index (κ2) is 13.0. The number of nitrogens with one attached hydrogen (secondary N) is 3. The monoisotopic (exact) mass is 490 g/mol. The predicted octanol–water partition coefficient (Wildman–Crippen LogP) is 5.18. The highest BCUT2D eigenvalue weighted by molar-refractivity contribution is 9.10. The van der Waals surface area contributed by atoms with Gasteiger partial charge in [-0.1, -0.05) is 28.6 Å². The Kier molecular flexibility index (Phi) is 11.4. The molecule has 0 atom stereocenters. The van der Waals surface area contributed by atoms with Crippen LogP contribution < -0.4 is 16.0 Å². The summed E-state index contributed by atoms with van der Waals surface area (Å²) < 4.78 is 38.7. The van der Waals surface area contributed by atoms with Gasteiger partial charge in [-0.25, -0.2) is 4.99 Å². The summed E-state index contributed by atoms with van der Waals surface area (Å²) in [4.78, 5) is 3.89. The molecule has 4 nitrogen and oxygen atoms in total. The first kappa shape index (κ1) is 25.6. The van der Waals surface area contributed by atoms with Crippen molar-refractivity contribution in [2.24, 2.45) is 4.99 Å². The van der Waals surface area contributed by atoms with Gasteiger partial charge in [-0.2, -0.15) is 13.2 Å². The van der Waals surface area contributed by atoms with Crippen LogP contribution in [0.4, 0.5) is 18.9 Å². The van der Waals surface area contributed by atoms with Gasteiger partial charge in [0.2, 0.25) is 0 Å². The molecule has 1 fully saturated rings. The van der Waals surface area contributed by atoms with E-state index in [1.807, 2.05) is 19.2 Å². The Morgan fingerprint density at radius 3 is 2.48 bits per heavy atom. The van der Waals surface area contributed by atoms with Crippen molar-refractivity contribution >= 4 is 42.5 Å². The van der Waals surface area contributed by atoms with E-state index >= 15 is 0 Å². The first-order valence-corrected chi connectivity index (χ1v) is 10.5. The Labute approximate surface area is 181 Å². The van der Waals surface area contributed by atoms with Crippen molar-refractivity contribution in [1.82, 2.24) is 10.6 Å². The van der Waals surface area contributed by atoms with Crippen LogP contribution in [0.15, 0.2) is 57.3 Å². The summed E-state index contributed by atoms with van der Waals surface area (Å²) in [5.41, 5.74) is -0.0835. The molecule has 3 N–H and O–H groups in total. The number of nitrogens with zero attached hydrogens (tertiary/aromatic N) is 1. The third kappa shape index (κ3) is 10.2. The van der Waals surface area contributed by atoms with Crippen molar-refractivity contribution in [1.29, 1.82) is 0 Å². The van der Waals surface area contributed by atoms with Crippen molar-refractivity contribution in [3.63, 3.8) is 0 Å². The van der Waals surface area contributed by atoms with E-state index in [4.69, 9.17) is 0 Å². The maximum atomic E-state index is 12.6. The summed E-state index contributed by atoms with van der Waals surface area (Å²) in [5.74, 6) is 1.40. The summed E-state index contributed by atoms with van der Waals surface area (Å²) in [6.07, 6.45) is -0.723. The summed E-state index contributed by atoms with van der Waals surface area (Å²) in [6, 6.07) is 8.03. The Balaban J connectivity index is 0.000000436. The fourth-order valence-electron chi connectivity index (χ4n) is 2.43. The highest BCUT2D eigenvalue weighted by Crippen LogP contribution is 2.27. The van der Waals surface area contributed by atoms with Crippen LogP contribution in [0.5, 0.6) is 0 Å². The Morgan fingerprint density at radius 2 is 2.00 bits per heavy atom. The largest absolute Gasteiger partial charge is 0.413 e. The molecule has 29 heavy (non-hydrogen) atoms. The maximum Gasteiger partial charge on any atom is 0.413 e. The Morgan fingerprint density at radius 1 is 1.34 bits per heavy atom. The molecule has 1 aromatic carbocycles. The molecule has 1 saturated heterocycles. The molecule has 160 valence electrons. The van der Waals surface area contributed by atoms with Crippen molar-refractivity contribution in [3.8, 4) is 0 Å². The number of halogens is 4. The molecular weight excluding hydrogens is 464 g/mol. The Hall–Kier alpha value is -1.47. The molecule has 1 aliphatic heterocycles. The second-order valence-corrected chi connectivity index (χ2v) is 7.58. The standard InChI is InChI=1S/C14H13BrF3N2P.C6H14N2/c1-9(14(16,17)18)11(8-21)7-19-10(2)20-13-5-3-4-12(15)6-13;1-7-6-2-4-8-5-3-6/h3-8,20-21H,2H2,1H3;6-8H,2-5H2,1H3/b11-9-,19-7-;. The predicted molar refractivity (Wildman–Crippen MR) is 123 cm³/mol. The van der Waals surface area contributed by atoms with Crippen LogP contribution >= 0.6 is 24.8 Å². The van der Waals surface area contributed by atoms with E-state index in [1.165, 1.54) is 31.7 Å². The van der Waals surface area contributed by atoms with Crippen LogP contribution in [0.25, 0.3) is 0 Å². The second-order valence-electron chi connectivity index (χ2n) is 6.38. The average Bonchev–Trinajstić information content (AvgIpc) is 2.68.